The first-order valence-corrected chi connectivity index (χ1v) is 6.51. The van der Waals surface area contributed by atoms with Gasteiger partial charge in [-0.05, 0) is 30.5 Å². The molecule has 0 amide bonds. The molecule has 17 heavy (non-hydrogen) atoms. The van der Waals surface area contributed by atoms with E-state index in [-0.39, 0.29) is 6.42 Å². The third-order valence-corrected chi connectivity index (χ3v) is 3.01. The Hall–Kier alpha value is -1.20. The van der Waals surface area contributed by atoms with Crippen LogP contribution in [0.4, 0.5) is 5.69 Å². The molecule has 0 aliphatic heterocycles. The summed E-state index contributed by atoms with van der Waals surface area (Å²) in [5.74, 6) is -0.406. The van der Waals surface area contributed by atoms with E-state index >= 15 is 0 Å². The van der Waals surface area contributed by atoms with E-state index in [0.29, 0.717) is 6.54 Å². The fraction of sp³-hybridized carbons (Fsp3) is 0.417. The summed E-state index contributed by atoms with van der Waals surface area (Å²) in [5.41, 5.74) is 0.923. The van der Waals surface area contributed by atoms with Crippen LogP contribution in [0, 0.1) is 0 Å². The van der Waals surface area contributed by atoms with E-state index in [0.717, 1.165) is 5.69 Å². The Kier molecular flexibility index (Phi) is 5.86. The second-order valence-electron chi connectivity index (χ2n) is 3.54. The molecule has 5 heteroatoms. The van der Waals surface area contributed by atoms with Crippen LogP contribution in [0.15, 0.2) is 29.2 Å². The highest BCUT2D eigenvalue weighted by Gasteiger charge is 2.10. The van der Waals surface area contributed by atoms with Gasteiger partial charge in [0.05, 0.1) is 19.6 Å². The lowest BCUT2D eigenvalue weighted by Crippen LogP contribution is -2.23. The van der Waals surface area contributed by atoms with Crippen LogP contribution >= 0.6 is 11.8 Å². The molecule has 0 heterocycles. The minimum Gasteiger partial charge on any atom is -0.469 e. The Balaban J connectivity index is 2.36. The van der Waals surface area contributed by atoms with Crippen LogP contribution < -0.4 is 5.32 Å². The highest BCUT2D eigenvalue weighted by molar-refractivity contribution is 7.98. The van der Waals surface area contributed by atoms with Crippen LogP contribution in [-0.2, 0) is 9.53 Å². The van der Waals surface area contributed by atoms with Gasteiger partial charge in [0.15, 0.2) is 0 Å². The number of aliphatic hydroxyl groups excluding tert-OH is 1. The lowest BCUT2D eigenvalue weighted by Gasteiger charge is -2.11. The third-order valence-electron chi connectivity index (χ3n) is 2.26. The first-order valence-electron chi connectivity index (χ1n) is 5.28. The summed E-state index contributed by atoms with van der Waals surface area (Å²) in [4.78, 5) is 12.1. The van der Waals surface area contributed by atoms with Crippen molar-refractivity contribution < 1.29 is 14.6 Å². The quantitative estimate of drug-likeness (QED) is 0.599. The van der Waals surface area contributed by atoms with Gasteiger partial charge in [0.2, 0.25) is 0 Å². The number of carbonyl (C=O) groups excluding carboxylic acids is 1. The molecule has 1 unspecified atom stereocenters. The second kappa shape index (κ2) is 7.19. The number of rotatable bonds is 6. The zero-order valence-corrected chi connectivity index (χ0v) is 10.8. The molecule has 0 aliphatic rings. The van der Waals surface area contributed by atoms with Crippen molar-refractivity contribution in [2.45, 2.75) is 17.4 Å². The molecule has 94 valence electrons. The summed E-state index contributed by atoms with van der Waals surface area (Å²) < 4.78 is 4.47. The fourth-order valence-electron chi connectivity index (χ4n) is 1.29. The van der Waals surface area contributed by atoms with E-state index in [1.165, 1.54) is 12.0 Å². The molecule has 0 aromatic heterocycles. The van der Waals surface area contributed by atoms with E-state index in [9.17, 15) is 9.90 Å². The molecule has 1 aromatic rings. The molecule has 1 aromatic carbocycles. The number of esters is 1. The Morgan fingerprint density at radius 3 is 2.65 bits per heavy atom. The van der Waals surface area contributed by atoms with Crippen LogP contribution in [0.3, 0.4) is 0 Å². The van der Waals surface area contributed by atoms with Gasteiger partial charge in [-0.1, -0.05) is 0 Å². The summed E-state index contributed by atoms with van der Waals surface area (Å²) in [5, 5.41) is 12.6. The highest BCUT2D eigenvalue weighted by Crippen LogP contribution is 2.17. The topological polar surface area (TPSA) is 58.6 Å². The van der Waals surface area contributed by atoms with Crippen molar-refractivity contribution in [2.75, 3.05) is 25.2 Å². The maximum Gasteiger partial charge on any atom is 0.308 e. The average Bonchev–Trinajstić information content (AvgIpc) is 2.36. The maximum atomic E-state index is 10.9. The van der Waals surface area contributed by atoms with Gasteiger partial charge in [-0.3, -0.25) is 4.79 Å². The SMILES string of the molecule is COC(=O)CC(O)CNc1ccc(SC)cc1. The molecule has 1 atom stereocenters. The Bertz CT molecular complexity index is 353. The monoisotopic (exact) mass is 255 g/mol. The van der Waals surface area contributed by atoms with Crippen molar-refractivity contribution >= 4 is 23.4 Å². The smallest absolute Gasteiger partial charge is 0.308 e. The van der Waals surface area contributed by atoms with Crippen LogP contribution in [0.2, 0.25) is 0 Å². The number of nitrogens with one attached hydrogen (secondary N) is 1. The van der Waals surface area contributed by atoms with Gasteiger partial charge in [0.1, 0.15) is 0 Å². The van der Waals surface area contributed by atoms with Gasteiger partial charge in [0, 0.05) is 17.1 Å². The van der Waals surface area contributed by atoms with Gasteiger partial charge in [-0.25, -0.2) is 0 Å². The van der Waals surface area contributed by atoms with E-state index in [1.807, 2.05) is 30.5 Å². The fourth-order valence-corrected chi connectivity index (χ4v) is 1.70. The number of benzene rings is 1. The predicted molar refractivity (Wildman–Crippen MR) is 69.4 cm³/mol. The van der Waals surface area contributed by atoms with Gasteiger partial charge in [-0.2, -0.15) is 0 Å². The second-order valence-corrected chi connectivity index (χ2v) is 4.42. The molecule has 0 saturated heterocycles. The summed E-state index contributed by atoms with van der Waals surface area (Å²) in [6.07, 6.45) is 1.29. The van der Waals surface area contributed by atoms with Gasteiger partial charge < -0.3 is 15.2 Å². The first kappa shape index (κ1) is 13.9. The number of aliphatic hydroxyl groups is 1. The number of ether oxygens (including phenoxy) is 1. The first-order chi connectivity index (χ1) is 8.15. The Morgan fingerprint density at radius 2 is 2.12 bits per heavy atom. The lowest BCUT2D eigenvalue weighted by molar-refractivity contribution is -0.142. The van der Waals surface area contributed by atoms with E-state index in [2.05, 4.69) is 10.1 Å². The van der Waals surface area contributed by atoms with Crippen LogP contribution in [0.5, 0.6) is 0 Å². The summed E-state index contributed by atoms with van der Waals surface area (Å²) in [6.45, 7) is 0.327. The van der Waals surface area contributed by atoms with Gasteiger partial charge >= 0.3 is 5.97 Å². The predicted octanol–water partition coefficient (Wildman–Crippen LogP) is 1.74. The number of methoxy groups -OCH3 is 1. The molecule has 0 radical (unpaired) electrons. The van der Waals surface area contributed by atoms with Crippen molar-refractivity contribution in [2.24, 2.45) is 0 Å². The minimum absolute atomic E-state index is 0.00634. The molecule has 0 saturated carbocycles. The van der Waals surface area contributed by atoms with E-state index in [4.69, 9.17) is 0 Å². The van der Waals surface area contributed by atoms with Crippen molar-refractivity contribution in [3.63, 3.8) is 0 Å². The number of carbonyl (C=O) groups is 1. The molecule has 4 nitrogen and oxygen atoms in total. The Labute approximate surface area is 105 Å². The molecule has 1 rings (SSSR count). The van der Waals surface area contributed by atoms with Crippen molar-refractivity contribution in [1.82, 2.24) is 0 Å². The lowest BCUT2D eigenvalue weighted by atomic mass is 10.2. The van der Waals surface area contributed by atoms with Crippen molar-refractivity contribution in [3.8, 4) is 0 Å². The standard InChI is InChI=1S/C12H17NO3S/c1-16-12(15)7-10(14)8-13-9-3-5-11(17-2)6-4-9/h3-6,10,13-14H,7-8H2,1-2H3. The van der Waals surface area contributed by atoms with Crippen LogP contribution in [0.25, 0.3) is 0 Å². The molecular formula is C12H17NO3S. The molecule has 0 aliphatic carbocycles. The Morgan fingerprint density at radius 1 is 1.47 bits per heavy atom. The summed E-state index contributed by atoms with van der Waals surface area (Å²) in [7, 11) is 1.31. The number of anilines is 1. The van der Waals surface area contributed by atoms with E-state index < -0.39 is 12.1 Å². The highest BCUT2D eigenvalue weighted by atomic mass is 32.2. The molecule has 2 N–H and O–H groups in total. The molecule has 0 bridgehead atoms. The number of thioether (sulfide) groups is 1. The average molecular weight is 255 g/mol. The van der Waals surface area contributed by atoms with Crippen molar-refractivity contribution in [3.05, 3.63) is 24.3 Å². The number of hydrogen-bond donors (Lipinski definition) is 2. The van der Waals surface area contributed by atoms with Crippen LogP contribution in [-0.4, -0.2) is 37.1 Å². The van der Waals surface area contributed by atoms with Crippen LogP contribution in [0.1, 0.15) is 6.42 Å². The van der Waals surface area contributed by atoms with Crippen molar-refractivity contribution in [1.29, 1.82) is 0 Å². The van der Waals surface area contributed by atoms with E-state index in [1.54, 1.807) is 11.8 Å². The zero-order valence-electron chi connectivity index (χ0n) is 9.97. The molecular weight excluding hydrogens is 238 g/mol. The van der Waals surface area contributed by atoms with Gasteiger partial charge in [-0.15, -0.1) is 11.8 Å². The molecule has 0 fully saturated rings. The zero-order chi connectivity index (χ0) is 12.7. The third kappa shape index (κ3) is 5.10. The van der Waals surface area contributed by atoms with Gasteiger partial charge in [0.25, 0.3) is 0 Å². The summed E-state index contributed by atoms with van der Waals surface area (Å²) >= 11 is 1.67. The maximum absolute atomic E-state index is 10.9. The minimum atomic E-state index is -0.734. The molecule has 0 spiro atoms. The summed E-state index contributed by atoms with van der Waals surface area (Å²) in [6, 6.07) is 7.88. The largest absolute Gasteiger partial charge is 0.469 e. The normalized spacial score (nSPS) is 11.9. The number of hydrogen-bond acceptors (Lipinski definition) is 5.